The summed E-state index contributed by atoms with van der Waals surface area (Å²) < 4.78 is 0. The molecule has 34 heavy (non-hydrogen) atoms. The maximum Gasteiger partial charge on any atom is 0.256 e. The molecule has 0 aliphatic heterocycles. The molecule has 1 aliphatic carbocycles. The van der Waals surface area contributed by atoms with Gasteiger partial charge in [-0.2, -0.15) is 0 Å². The van der Waals surface area contributed by atoms with Crippen LogP contribution in [0, 0.1) is 18.3 Å². The van der Waals surface area contributed by atoms with Crippen molar-refractivity contribution in [3.63, 3.8) is 0 Å². The van der Waals surface area contributed by atoms with Crippen LogP contribution in [0.5, 0.6) is 0 Å². The Morgan fingerprint density at radius 1 is 1.00 bits per heavy atom. The minimum atomic E-state index is -0.164. The van der Waals surface area contributed by atoms with Gasteiger partial charge in [0.25, 0.3) is 11.8 Å². The van der Waals surface area contributed by atoms with Crippen molar-refractivity contribution in [1.82, 2.24) is 5.32 Å². The number of carbonyl (C=O) groups excluding carboxylic acids is 2. The third kappa shape index (κ3) is 5.41. The van der Waals surface area contributed by atoms with E-state index < -0.39 is 0 Å². The van der Waals surface area contributed by atoms with E-state index in [0.717, 1.165) is 36.8 Å². The molecule has 5 heteroatoms. The highest BCUT2D eigenvalue weighted by atomic mass is 32.1. The molecule has 4 nitrogen and oxygen atoms in total. The van der Waals surface area contributed by atoms with E-state index in [2.05, 4.69) is 43.5 Å². The van der Waals surface area contributed by atoms with Crippen LogP contribution in [0.1, 0.15) is 69.5 Å². The first kappa shape index (κ1) is 24.2. The number of hydrogen-bond acceptors (Lipinski definition) is 3. The summed E-state index contributed by atoms with van der Waals surface area (Å²) in [5.74, 6) is 0.303. The minimum absolute atomic E-state index is 0.0947. The summed E-state index contributed by atoms with van der Waals surface area (Å²) in [6, 6.07) is 17.7. The van der Waals surface area contributed by atoms with E-state index in [1.54, 1.807) is 11.3 Å². The van der Waals surface area contributed by atoms with Crippen LogP contribution in [-0.4, -0.2) is 18.4 Å². The predicted octanol–water partition coefficient (Wildman–Crippen LogP) is 6.43. The molecule has 2 amide bonds. The Morgan fingerprint density at radius 2 is 1.71 bits per heavy atom. The monoisotopic (exact) mass is 474 g/mol. The Hall–Kier alpha value is -2.92. The van der Waals surface area contributed by atoms with Crippen LogP contribution in [0.4, 0.5) is 5.00 Å². The summed E-state index contributed by atoms with van der Waals surface area (Å²) in [6.07, 6.45) is 3.65. The number of benzene rings is 2. The Kier molecular flexibility index (Phi) is 7.22. The first-order chi connectivity index (χ1) is 16.2. The largest absolute Gasteiger partial charge is 0.352 e. The van der Waals surface area contributed by atoms with Crippen LogP contribution in [0.15, 0.2) is 54.6 Å². The van der Waals surface area contributed by atoms with Crippen LogP contribution in [0.2, 0.25) is 0 Å². The normalized spacial score (nSPS) is 15.5. The van der Waals surface area contributed by atoms with Crippen LogP contribution >= 0.6 is 11.3 Å². The number of amides is 2. The van der Waals surface area contributed by atoms with E-state index in [-0.39, 0.29) is 17.2 Å². The number of rotatable bonds is 6. The fourth-order valence-electron chi connectivity index (χ4n) is 4.70. The van der Waals surface area contributed by atoms with Gasteiger partial charge in [0.15, 0.2) is 0 Å². The van der Waals surface area contributed by atoms with Gasteiger partial charge >= 0.3 is 0 Å². The SMILES string of the molecule is Cc1ccccc1C(=O)Nc1sc2c(c1C(=O)NCCc1ccccc1)CCC(C(C)(C)C)C2. The van der Waals surface area contributed by atoms with Crippen molar-refractivity contribution in [2.24, 2.45) is 11.3 Å². The fourth-order valence-corrected chi connectivity index (χ4v) is 6.02. The zero-order valence-corrected chi connectivity index (χ0v) is 21.4. The number of anilines is 1. The molecule has 178 valence electrons. The highest BCUT2D eigenvalue weighted by Crippen LogP contribution is 2.44. The predicted molar refractivity (Wildman–Crippen MR) is 141 cm³/mol. The molecule has 1 atom stereocenters. The van der Waals surface area contributed by atoms with Gasteiger partial charge in [-0.15, -0.1) is 11.3 Å². The third-order valence-corrected chi connectivity index (χ3v) is 8.05. The number of thiophene rings is 1. The highest BCUT2D eigenvalue weighted by Gasteiger charge is 2.34. The molecular weight excluding hydrogens is 440 g/mol. The number of aryl methyl sites for hydroxylation is 1. The van der Waals surface area contributed by atoms with Gasteiger partial charge in [-0.3, -0.25) is 9.59 Å². The Labute approximate surface area is 206 Å². The number of carbonyl (C=O) groups is 2. The Bertz CT molecular complexity index is 1170. The van der Waals surface area contributed by atoms with Crippen molar-refractivity contribution < 1.29 is 9.59 Å². The molecule has 0 saturated carbocycles. The molecule has 0 bridgehead atoms. The molecule has 1 aromatic heterocycles. The number of fused-ring (bicyclic) bond motifs is 1. The molecule has 3 aromatic rings. The average Bonchev–Trinajstić information content (AvgIpc) is 3.16. The summed E-state index contributed by atoms with van der Waals surface area (Å²) in [5.41, 5.74) is 4.73. The van der Waals surface area contributed by atoms with E-state index in [4.69, 9.17) is 0 Å². The minimum Gasteiger partial charge on any atom is -0.352 e. The molecule has 0 saturated heterocycles. The lowest BCUT2D eigenvalue weighted by Gasteiger charge is -2.33. The second kappa shape index (κ2) is 10.1. The zero-order chi connectivity index (χ0) is 24.3. The van der Waals surface area contributed by atoms with E-state index in [0.29, 0.717) is 28.6 Å². The van der Waals surface area contributed by atoms with Crippen LogP contribution in [0.25, 0.3) is 0 Å². The topological polar surface area (TPSA) is 58.2 Å². The fraction of sp³-hybridized carbons (Fsp3) is 0.379. The summed E-state index contributed by atoms with van der Waals surface area (Å²) in [7, 11) is 0. The smallest absolute Gasteiger partial charge is 0.256 e. The first-order valence-electron chi connectivity index (χ1n) is 12.1. The number of nitrogens with one attached hydrogen (secondary N) is 2. The molecule has 1 unspecified atom stereocenters. The first-order valence-corrected chi connectivity index (χ1v) is 12.9. The van der Waals surface area contributed by atoms with Crippen LogP contribution in [0.3, 0.4) is 0 Å². The van der Waals surface area contributed by atoms with Gasteiger partial charge < -0.3 is 10.6 Å². The summed E-state index contributed by atoms with van der Waals surface area (Å²) in [6.45, 7) is 9.35. The lowest BCUT2D eigenvalue weighted by Crippen LogP contribution is -2.29. The van der Waals surface area contributed by atoms with E-state index in [9.17, 15) is 9.59 Å². The molecule has 2 N–H and O–H groups in total. The second-order valence-corrected chi connectivity index (χ2v) is 11.4. The van der Waals surface area contributed by atoms with Crippen molar-refractivity contribution in [3.05, 3.63) is 87.3 Å². The molecule has 0 fully saturated rings. The summed E-state index contributed by atoms with van der Waals surface area (Å²) in [5, 5.41) is 6.86. The van der Waals surface area contributed by atoms with Crippen LogP contribution < -0.4 is 10.6 Å². The maximum absolute atomic E-state index is 13.4. The lowest BCUT2D eigenvalue weighted by atomic mass is 9.72. The van der Waals surface area contributed by atoms with Crippen molar-refractivity contribution in [1.29, 1.82) is 0 Å². The van der Waals surface area contributed by atoms with Gasteiger partial charge in [0.05, 0.1) is 5.56 Å². The molecule has 4 rings (SSSR count). The van der Waals surface area contributed by atoms with Gasteiger partial charge in [-0.1, -0.05) is 69.3 Å². The summed E-state index contributed by atoms with van der Waals surface area (Å²) >= 11 is 1.58. The van der Waals surface area contributed by atoms with Gasteiger partial charge in [0.2, 0.25) is 0 Å². The average molecular weight is 475 g/mol. The quantitative estimate of drug-likeness (QED) is 0.432. The number of hydrogen-bond donors (Lipinski definition) is 2. The Morgan fingerprint density at radius 3 is 2.41 bits per heavy atom. The third-order valence-electron chi connectivity index (χ3n) is 6.88. The van der Waals surface area contributed by atoms with Crippen LogP contribution in [-0.2, 0) is 19.3 Å². The van der Waals surface area contributed by atoms with Gasteiger partial charge in [-0.25, -0.2) is 0 Å². The van der Waals surface area contributed by atoms with Crippen molar-refractivity contribution in [2.75, 3.05) is 11.9 Å². The zero-order valence-electron chi connectivity index (χ0n) is 20.5. The second-order valence-electron chi connectivity index (χ2n) is 10.3. The van der Waals surface area contributed by atoms with E-state index >= 15 is 0 Å². The molecule has 2 aromatic carbocycles. The lowest BCUT2D eigenvalue weighted by molar-refractivity contribution is 0.0954. The van der Waals surface area contributed by atoms with Crippen molar-refractivity contribution in [3.8, 4) is 0 Å². The molecule has 0 spiro atoms. The van der Waals surface area contributed by atoms with Crippen molar-refractivity contribution in [2.45, 2.75) is 53.4 Å². The van der Waals surface area contributed by atoms with Gasteiger partial charge in [0.1, 0.15) is 5.00 Å². The maximum atomic E-state index is 13.4. The molecular formula is C29H34N2O2S. The molecule has 0 radical (unpaired) electrons. The van der Waals surface area contributed by atoms with Gasteiger partial charge in [0, 0.05) is 17.0 Å². The van der Waals surface area contributed by atoms with Gasteiger partial charge in [-0.05, 0) is 66.7 Å². The molecule has 1 heterocycles. The van der Waals surface area contributed by atoms with E-state index in [1.165, 1.54) is 10.4 Å². The van der Waals surface area contributed by atoms with E-state index in [1.807, 2.05) is 49.4 Å². The Balaban J connectivity index is 1.59. The highest BCUT2D eigenvalue weighted by molar-refractivity contribution is 7.17. The van der Waals surface area contributed by atoms with Crippen molar-refractivity contribution >= 4 is 28.2 Å². The standard InChI is InChI=1S/C29H34N2O2S/c1-19-10-8-9-13-22(19)26(32)31-28-25(27(33)30-17-16-20-11-6-5-7-12-20)23-15-14-21(29(2,3)4)18-24(23)34-28/h5-13,21H,14-18H2,1-4H3,(H,30,33)(H,31,32). The molecule has 1 aliphatic rings. The summed E-state index contributed by atoms with van der Waals surface area (Å²) in [4.78, 5) is 27.7.